The Morgan fingerprint density at radius 1 is 1.57 bits per heavy atom. The van der Waals surface area contributed by atoms with Gasteiger partial charge in [-0.15, -0.1) is 0 Å². The molecular formula is C10H12N2O2. The number of nitriles is 1. The molecule has 0 unspecified atom stereocenters. The first-order valence-electron chi connectivity index (χ1n) is 4.35. The van der Waals surface area contributed by atoms with Crippen LogP contribution in [0.2, 0.25) is 0 Å². The minimum atomic E-state index is -0.170. The molecule has 0 aliphatic heterocycles. The molecule has 0 radical (unpaired) electrons. The molecule has 0 bridgehead atoms. The van der Waals surface area contributed by atoms with E-state index >= 15 is 0 Å². The van der Waals surface area contributed by atoms with E-state index in [1.807, 2.05) is 19.9 Å². The van der Waals surface area contributed by atoms with E-state index in [4.69, 9.17) is 15.1 Å². The van der Waals surface area contributed by atoms with E-state index in [2.05, 4.69) is 4.98 Å². The summed E-state index contributed by atoms with van der Waals surface area (Å²) in [7, 11) is 0. The van der Waals surface area contributed by atoms with Crippen LogP contribution in [0.25, 0.3) is 0 Å². The smallest absolute Gasteiger partial charge is 0.182 e. The zero-order valence-corrected chi connectivity index (χ0v) is 8.19. The molecule has 0 saturated heterocycles. The Balaban J connectivity index is 3.01. The highest BCUT2D eigenvalue weighted by Gasteiger charge is 2.07. The first kappa shape index (κ1) is 10.5. The number of pyridine rings is 1. The molecule has 1 aromatic heterocycles. The van der Waals surface area contributed by atoms with E-state index < -0.39 is 0 Å². The number of aromatic nitrogens is 1. The SMILES string of the molecule is CC(C)Oc1ccc(CO)nc1C#N. The topological polar surface area (TPSA) is 66.1 Å². The summed E-state index contributed by atoms with van der Waals surface area (Å²) < 4.78 is 5.37. The van der Waals surface area contributed by atoms with Crippen molar-refractivity contribution in [1.82, 2.24) is 4.98 Å². The maximum Gasteiger partial charge on any atom is 0.182 e. The van der Waals surface area contributed by atoms with Crippen molar-refractivity contribution in [3.8, 4) is 11.8 Å². The van der Waals surface area contributed by atoms with E-state index in [1.165, 1.54) is 0 Å². The van der Waals surface area contributed by atoms with Crippen molar-refractivity contribution in [2.75, 3.05) is 0 Å². The number of hydrogen-bond donors (Lipinski definition) is 1. The number of nitrogens with zero attached hydrogens (tertiary/aromatic N) is 2. The third kappa shape index (κ3) is 2.44. The van der Waals surface area contributed by atoms with Gasteiger partial charge in [0.25, 0.3) is 0 Å². The Hall–Kier alpha value is -1.60. The van der Waals surface area contributed by atoms with Crippen LogP contribution in [-0.2, 0) is 6.61 Å². The maximum absolute atomic E-state index is 8.82. The first-order chi connectivity index (χ1) is 6.67. The quantitative estimate of drug-likeness (QED) is 0.782. The van der Waals surface area contributed by atoms with Gasteiger partial charge in [0.1, 0.15) is 6.07 Å². The lowest BCUT2D eigenvalue weighted by atomic mass is 10.3. The van der Waals surface area contributed by atoms with Crippen molar-refractivity contribution in [1.29, 1.82) is 5.26 Å². The van der Waals surface area contributed by atoms with Crippen LogP contribution in [0.1, 0.15) is 25.2 Å². The maximum atomic E-state index is 8.82. The summed E-state index contributed by atoms with van der Waals surface area (Å²) in [6.45, 7) is 3.58. The fraction of sp³-hybridized carbons (Fsp3) is 0.400. The summed E-state index contributed by atoms with van der Waals surface area (Å²) >= 11 is 0. The predicted octanol–water partition coefficient (Wildman–Crippen LogP) is 1.23. The molecule has 14 heavy (non-hydrogen) atoms. The lowest BCUT2D eigenvalue weighted by Gasteiger charge is -2.10. The van der Waals surface area contributed by atoms with Crippen LogP contribution in [0.5, 0.6) is 5.75 Å². The van der Waals surface area contributed by atoms with Gasteiger partial charge in [0, 0.05) is 0 Å². The molecule has 0 aliphatic rings. The number of aliphatic hydroxyl groups is 1. The summed E-state index contributed by atoms with van der Waals surface area (Å²) in [5.74, 6) is 0.458. The van der Waals surface area contributed by atoms with Gasteiger partial charge in [0.05, 0.1) is 18.4 Å². The molecule has 74 valence electrons. The van der Waals surface area contributed by atoms with Crippen LogP contribution in [0.4, 0.5) is 0 Å². The molecule has 0 fully saturated rings. The normalized spacial score (nSPS) is 9.93. The zero-order valence-electron chi connectivity index (χ0n) is 8.19. The Kier molecular flexibility index (Phi) is 3.43. The second kappa shape index (κ2) is 4.58. The minimum Gasteiger partial charge on any atom is -0.488 e. The van der Waals surface area contributed by atoms with Gasteiger partial charge < -0.3 is 9.84 Å². The molecule has 0 saturated carbocycles. The van der Waals surface area contributed by atoms with Gasteiger partial charge >= 0.3 is 0 Å². The first-order valence-corrected chi connectivity index (χ1v) is 4.35. The average molecular weight is 192 g/mol. The zero-order chi connectivity index (χ0) is 10.6. The van der Waals surface area contributed by atoms with Crippen LogP contribution in [0.3, 0.4) is 0 Å². The van der Waals surface area contributed by atoms with Crippen molar-refractivity contribution in [2.45, 2.75) is 26.6 Å². The van der Waals surface area contributed by atoms with Gasteiger partial charge in [-0.2, -0.15) is 5.26 Å². The van der Waals surface area contributed by atoms with Crippen molar-refractivity contribution < 1.29 is 9.84 Å². The molecule has 0 spiro atoms. The molecule has 0 atom stereocenters. The van der Waals surface area contributed by atoms with Crippen LogP contribution in [0.15, 0.2) is 12.1 Å². The van der Waals surface area contributed by atoms with E-state index in [0.29, 0.717) is 11.4 Å². The van der Waals surface area contributed by atoms with Crippen molar-refractivity contribution in [3.63, 3.8) is 0 Å². The highest BCUT2D eigenvalue weighted by molar-refractivity contribution is 5.38. The second-order valence-electron chi connectivity index (χ2n) is 3.09. The van der Waals surface area contributed by atoms with E-state index in [1.54, 1.807) is 12.1 Å². The van der Waals surface area contributed by atoms with Crippen LogP contribution in [0, 0.1) is 11.3 Å². The fourth-order valence-electron chi connectivity index (χ4n) is 1.00. The largest absolute Gasteiger partial charge is 0.488 e. The minimum absolute atomic E-state index is 0.00359. The van der Waals surface area contributed by atoms with Crippen LogP contribution in [-0.4, -0.2) is 16.2 Å². The molecule has 0 aromatic carbocycles. The molecule has 1 heterocycles. The summed E-state index contributed by atoms with van der Waals surface area (Å²) in [6.07, 6.45) is 0.00359. The van der Waals surface area contributed by atoms with E-state index in [0.717, 1.165) is 0 Å². The Labute approximate surface area is 82.8 Å². The lowest BCUT2D eigenvalue weighted by molar-refractivity contribution is 0.239. The fourth-order valence-corrected chi connectivity index (χ4v) is 1.00. The van der Waals surface area contributed by atoms with Crippen LogP contribution < -0.4 is 4.74 Å². The van der Waals surface area contributed by atoms with Gasteiger partial charge in [0.2, 0.25) is 0 Å². The standard InChI is InChI=1S/C10H12N2O2/c1-7(2)14-10-4-3-8(6-13)12-9(10)5-11/h3-4,7,13H,6H2,1-2H3. The lowest BCUT2D eigenvalue weighted by Crippen LogP contribution is -2.08. The van der Waals surface area contributed by atoms with Gasteiger partial charge in [-0.3, -0.25) is 0 Å². The Morgan fingerprint density at radius 3 is 2.79 bits per heavy atom. The average Bonchev–Trinajstić information content (AvgIpc) is 2.17. The van der Waals surface area contributed by atoms with Crippen LogP contribution >= 0.6 is 0 Å². The molecule has 1 N–H and O–H groups in total. The van der Waals surface area contributed by atoms with Gasteiger partial charge in [-0.1, -0.05) is 0 Å². The number of rotatable bonds is 3. The molecule has 1 rings (SSSR count). The summed E-state index contributed by atoms with van der Waals surface area (Å²) in [4.78, 5) is 3.93. The summed E-state index contributed by atoms with van der Waals surface area (Å²) in [5.41, 5.74) is 0.683. The molecule has 0 amide bonds. The Morgan fingerprint density at radius 2 is 2.29 bits per heavy atom. The van der Waals surface area contributed by atoms with E-state index in [9.17, 15) is 0 Å². The third-order valence-corrected chi connectivity index (χ3v) is 1.55. The molecular weight excluding hydrogens is 180 g/mol. The highest BCUT2D eigenvalue weighted by atomic mass is 16.5. The van der Waals surface area contributed by atoms with Crippen molar-refractivity contribution >= 4 is 0 Å². The number of ether oxygens (including phenoxy) is 1. The van der Waals surface area contributed by atoms with Gasteiger partial charge in [-0.05, 0) is 26.0 Å². The van der Waals surface area contributed by atoms with Gasteiger partial charge in [-0.25, -0.2) is 4.98 Å². The summed E-state index contributed by atoms with van der Waals surface area (Å²) in [5, 5.41) is 17.6. The number of hydrogen-bond acceptors (Lipinski definition) is 4. The molecule has 0 aliphatic carbocycles. The summed E-state index contributed by atoms with van der Waals surface area (Å²) in [6, 6.07) is 5.22. The predicted molar refractivity (Wildman–Crippen MR) is 50.6 cm³/mol. The Bertz CT molecular complexity index is 356. The van der Waals surface area contributed by atoms with Crippen molar-refractivity contribution in [3.05, 3.63) is 23.5 Å². The van der Waals surface area contributed by atoms with Crippen molar-refractivity contribution in [2.24, 2.45) is 0 Å². The monoisotopic (exact) mass is 192 g/mol. The number of aliphatic hydroxyl groups excluding tert-OH is 1. The second-order valence-corrected chi connectivity index (χ2v) is 3.09. The molecule has 4 heteroatoms. The van der Waals surface area contributed by atoms with E-state index in [-0.39, 0.29) is 18.4 Å². The molecule has 4 nitrogen and oxygen atoms in total. The highest BCUT2D eigenvalue weighted by Crippen LogP contribution is 2.17. The van der Waals surface area contributed by atoms with Gasteiger partial charge in [0.15, 0.2) is 11.4 Å². The third-order valence-electron chi connectivity index (χ3n) is 1.55. The molecule has 1 aromatic rings.